The highest BCUT2D eigenvalue weighted by molar-refractivity contribution is 5.76. The molecule has 86 valence electrons. The number of hydrogen-bond acceptors (Lipinski definition) is 1. The van der Waals surface area contributed by atoms with Crippen LogP contribution in [0.25, 0.3) is 6.08 Å². The summed E-state index contributed by atoms with van der Waals surface area (Å²) in [5.74, 6) is -3.42. The summed E-state index contributed by atoms with van der Waals surface area (Å²) in [5.41, 5.74) is 0.876. The van der Waals surface area contributed by atoms with E-state index in [2.05, 4.69) is 0 Å². The number of benzene rings is 1. The second kappa shape index (κ2) is 5.54. The molecule has 0 bridgehead atoms. The van der Waals surface area contributed by atoms with Crippen molar-refractivity contribution < 1.29 is 13.6 Å². The van der Waals surface area contributed by atoms with Crippen LogP contribution in [0.1, 0.15) is 25.3 Å². The summed E-state index contributed by atoms with van der Waals surface area (Å²) in [5, 5.41) is 0. The number of hydrogen-bond donors (Lipinski definition) is 0. The molecule has 0 aliphatic rings. The molecule has 1 aromatic carbocycles. The second-order valence-corrected chi connectivity index (χ2v) is 3.75. The maximum atomic E-state index is 13.1. The molecular weight excluding hydrogens is 210 g/mol. The average Bonchev–Trinajstić information content (AvgIpc) is 2.16. The number of Topliss-reactive ketones (excluding diaryl/α,β-unsaturated/α-hetero) is 1. The van der Waals surface area contributed by atoms with Crippen molar-refractivity contribution in [2.45, 2.75) is 25.7 Å². The van der Waals surface area contributed by atoms with Gasteiger partial charge in [-0.1, -0.05) is 42.5 Å². The van der Waals surface area contributed by atoms with E-state index in [0.717, 1.165) is 5.56 Å². The first-order chi connectivity index (χ1) is 7.49. The minimum Gasteiger partial charge on any atom is -0.300 e. The SMILES string of the molecule is CC(=O)CC(F)(F)C/C=C/c1ccccc1. The normalized spacial score (nSPS) is 11.9. The first-order valence-corrected chi connectivity index (χ1v) is 5.08. The van der Waals surface area contributed by atoms with Gasteiger partial charge in [-0.25, -0.2) is 8.78 Å². The molecule has 0 fully saturated rings. The number of allylic oxidation sites excluding steroid dienone is 1. The van der Waals surface area contributed by atoms with Gasteiger partial charge in [0.15, 0.2) is 0 Å². The lowest BCUT2D eigenvalue weighted by molar-refractivity contribution is -0.123. The smallest absolute Gasteiger partial charge is 0.258 e. The van der Waals surface area contributed by atoms with E-state index in [1.54, 1.807) is 6.08 Å². The fourth-order valence-electron chi connectivity index (χ4n) is 1.37. The second-order valence-electron chi connectivity index (χ2n) is 3.75. The summed E-state index contributed by atoms with van der Waals surface area (Å²) in [6.45, 7) is 1.18. The molecule has 1 rings (SSSR count). The van der Waals surface area contributed by atoms with Crippen LogP contribution in [0.2, 0.25) is 0 Å². The molecule has 1 nitrogen and oxygen atoms in total. The van der Waals surface area contributed by atoms with Gasteiger partial charge in [0.05, 0.1) is 6.42 Å². The molecule has 0 radical (unpaired) electrons. The van der Waals surface area contributed by atoms with Crippen LogP contribution in [0.15, 0.2) is 36.4 Å². The molecule has 0 atom stereocenters. The molecule has 1 aromatic rings. The Bertz CT molecular complexity index is 369. The Balaban J connectivity index is 2.51. The van der Waals surface area contributed by atoms with E-state index >= 15 is 0 Å². The van der Waals surface area contributed by atoms with Crippen LogP contribution in [0.5, 0.6) is 0 Å². The number of carbonyl (C=O) groups is 1. The van der Waals surface area contributed by atoms with E-state index in [0.29, 0.717) is 0 Å². The van der Waals surface area contributed by atoms with Crippen LogP contribution in [-0.2, 0) is 4.79 Å². The van der Waals surface area contributed by atoms with Crippen LogP contribution in [0.3, 0.4) is 0 Å². The zero-order valence-corrected chi connectivity index (χ0v) is 9.12. The van der Waals surface area contributed by atoms with Gasteiger partial charge in [0.2, 0.25) is 0 Å². The summed E-state index contributed by atoms with van der Waals surface area (Å²) in [6.07, 6.45) is 1.94. The third-order valence-electron chi connectivity index (χ3n) is 2.03. The van der Waals surface area contributed by atoms with Gasteiger partial charge in [0, 0.05) is 6.42 Å². The van der Waals surface area contributed by atoms with Crippen molar-refractivity contribution in [1.82, 2.24) is 0 Å². The molecule has 0 heterocycles. The van der Waals surface area contributed by atoms with Crippen molar-refractivity contribution in [3.63, 3.8) is 0 Å². The predicted octanol–water partition coefficient (Wildman–Crippen LogP) is 3.70. The fraction of sp³-hybridized carbons (Fsp3) is 0.308. The average molecular weight is 224 g/mol. The Labute approximate surface area is 93.8 Å². The minimum atomic E-state index is -2.93. The molecule has 3 heteroatoms. The van der Waals surface area contributed by atoms with Crippen molar-refractivity contribution in [1.29, 1.82) is 0 Å². The lowest BCUT2D eigenvalue weighted by atomic mass is 10.1. The van der Waals surface area contributed by atoms with Gasteiger partial charge >= 0.3 is 0 Å². The van der Waals surface area contributed by atoms with Gasteiger partial charge in [0.25, 0.3) is 5.92 Å². The maximum Gasteiger partial charge on any atom is 0.258 e. The number of halogens is 2. The van der Waals surface area contributed by atoms with Gasteiger partial charge in [-0.15, -0.1) is 0 Å². The van der Waals surface area contributed by atoms with Crippen LogP contribution in [-0.4, -0.2) is 11.7 Å². The van der Waals surface area contributed by atoms with Crippen molar-refractivity contribution in [2.75, 3.05) is 0 Å². The fourth-order valence-corrected chi connectivity index (χ4v) is 1.37. The molecule has 0 saturated heterocycles. The van der Waals surface area contributed by atoms with Gasteiger partial charge in [-0.3, -0.25) is 4.79 Å². The third kappa shape index (κ3) is 4.82. The molecule has 0 unspecified atom stereocenters. The first-order valence-electron chi connectivity index (χ1n) is 5.08. The lowest BCUT2D eigenvalue weighted by Crippen LogP contribution is -2.18. The Morgan fingerprint density at radius 3 is 2.50 bits per heavy atom. The summed E-state index contributed by atoms with van der Waals surface area (Å²) < 4.78 is 26.2. The van der Waals surface area contributed by atoms with Crippen LogP contribution < -0.4 is 0 Å². The highest BCUT2D eigenvalue weighted by Crippen LogP contribution is 2.24. The van der Waals surface area contributed by atoms with E-state index in [1.165, 1.54) is 13.0 Å². The van der Waals surface area contributed by atoms with E-state index in [1.807, 2.05) is 30.3 Å². The molecular formula is C13H14F2O. The Morgan fingerprint density at radius 2 is 1.94 bits per heavy atom. The monoisotopic (exact) mass is 224 g/mol. The van der Waals surface area contributed by atoms with Crippen molar-refractivity contribution in [3.8, 4) is 0 Å². The van der Waals surface area contributed by atoms with Crippen molar-refractivity contribution in [3.05, 3.63) is 42.0 Å². The number of ketones is 1. The third-order valence-corrected chi connectivity index (χ3v) is 2.03. The molecule has 0 saturated carbocycles. The predicted molar refractivity (Wildman–Crippen MR) is 60.3 cm³/mol. The topological polar surface area (TPSA) is 17.1 Å². The highest BCUT2D eigenvalue weighted by atomic mass is 19.3. The number of alkyl halides is 2. The quantitative estimate of drug-likeness (QED) is 0.745. The standard InChI is InChI=1S/C13H14F2O/c1-11(16)10-13(14,15)9-5-8-12-6-3-2-4-7-12/h2-8H,9-10H2,1H3/b8-5+. The van der Waals surface area contributed by atoms with Crippen molar-refractivity contribution >= 4 is 11.9 Å². The minimum absolute atomic E-state index is 0.401. The Hall–Kier alpha value is -1.51. The zero-order chi connectivity index (χ0) is 12.0. The van der Waals surface area contributed by atoms with E-state index in [-0.39, 0.29) is 0 Å². The number of rotatable bonds is 5. The summed E-state index contributed by atoms with van der Waals surface area (Å²) >= 11 is 0. The first kappa shape index (κ1) is 12.6. The number of carbonyl (C=O) groups excluding carboxylic acids is 1. The van der Waals surface area contributed by atoms with Gasteiger partial charge in [0.1, 0.15) is 5.78 Å². The molecule has 0 N–H and O–H groups in total. The highest BCUT2D eigenvalue weighted by Gasteiger charge is 2.28. The molecule has 0 aliphatic carbocycles. The van der Waals surface area contributed by atoms with Gasteiger partial charge in [-0.2, -0.15) is 0 Å². The molecule has 0 amide bonds. The Kier molecular flexibility index (Phi) is 4.35. The molecule has 0 aromatic heterocycles. The van der Waals surface area contributed by atoms with Gasteiger partial charge in [-0.05, 0) is 12.5 Å². The zero-order valence-electron chi connectivity index (χ0n) is 9.12. The van der Waals surface area contributed by atoms with Crippen LogP contribution >= 0.6 is 0 Å². The Morgan fingerprint density at radius 1 is 1.31 bits per heavy atom. The largest absolute Gasteiger partial charge is 0.300 e. The summed E-state index contributed by atoms with van der Waals surface area (Å²) in [6, 6.07) is 9.21. The van der Waals surface area contributed by atoms with E-state index in [4.69, 9.17) is 0 Å². The summed E-state index contributed by atoms with van der Waals surface area (Å²) in [7, 11) is 0. The molecule has 0 aliphatic heterocycles. The van der Waals surface area contributed by atoms with E-state index in [9.17, 15) is 13.6 Å². The lowest BCUT2D eigenvalue weighted by Gasteiger charge is -2.11. The van der Waals surface area contributed by atoms with Crippen LogP contribution in [0, 0.1) is 0 Å². The summed E-state index contributed by atoms with van der Waals surface area (Å²) in [4.78, 5) is 10.6. The maximum absolute atomic E-state index is 13.1. The van der Waals surface area contributed by atoms with E-state index < -0.39 is 24.5 Å². The molecule has 16 heavy (non-hydrogen) atoms. The molecule has 0 spiro atoms. The van der Waals surface area contributed by atoms with Gasteiger partial charge < -0.3 is 0 Å². The van der Waals surface area contributed by atoms with Crippen molar-refractivity contribution in [2.24, 2.45) is 0 Å². The van der Waals surface area contributed by atoms with Crippen LogP contribution in [0.4, 0.5) is 8.78 Å².